The molecule has 0 aliphatic heterocycles. The molecule has 0 unspecified atom stereocenters. The first-order valence-electron chi connectivity index (χ1n) is 4.53. The Kier molecular flexibility index (Phi) is 4.01. The number of nitrogens with one attached hydrogen (secondary N) is 1. The fourth-order valence-corrected chi connectivity index (χ4v) is 1.10. The zero-order chi connectivity index (χ0) is 11.3. The van der Waals surface area contributed by atoms with Gasteiger partial charge in [0.2, 0.25) is 5.95 Å². The molecule has 0 spiro atoms. The zero-order valence-corrected chi connectivity index (χ0v) is 8.64. The van der Waals surface area contributed by atoms with E-state index in [-0.39, 0.29) is 12.0 Å². The molecule has 0 saturated heterocycles. The van der Waals surface area contributed by atoms with Crippen LogP contribution in [0.15, 0.2) is 0 Å². The lowest BCUT2D eigenvalue weighted by Crippen LogP contribution is -2.25. The third-order valence-electron chi connectivity index (χ3n) is 1.85. The Morgan fingerprint density at radius 3 is 2.47 bits per heavy atom. The van der Waals surface area contributed by atoms with E-state index >= 15 is 0 Å². The summed E-state index contributed by atoms with van der Waals surface area (Å²) in [5, 5.41) is 8.69. The van der Waals surface area contributed by atoms with Gasteiger partial charge in [-0.3, -0.25) is 5.21 Å². The topological polar surface area (TPSA) is 109 Å². The summed E-state index contributed by atoms with van der Waals surface area (Å²) in [4.78, 5) is 17.8. The van der Waals surface area contributed by atoms with E-state index in [4.69, 9.17) is 11.1 Å². The Morgan fingerprint density at radius 1 is 1.33 bits per heavy atom. The van der Waals surface area contributed by atoms with E-state index in [9.17, 15) is 0 Å². The Bertz CT molecular complexity index is 294. The largest absolute Gasteiger partial charge is 0.371 e. The van der Waals surface area contributed by atoms with Gasteiger partial charge in [-0.05, 0) is 13.8 Å². The minimum absolute atomic E-state index is 0.00708. The Balaban J connectivity index is 3.05. The fourth-order valence-electron chi connectivity index (χ4n) is 1.10. The molecule has 15 heavy (non-hydrogen) atoms. The van der Waals surface area contributed by atoms with Gasteiger partial charge in [0.05, 0.1) is 0 Å². The number of nitrogens with zero attached hydrogens (tertiary/aromatic N) is 4. The molecule has 0 bridgehead atoms. The maximum atomic E-state index is 8.69. The molecule has 0 aromatic carbocycles. The molecule has 4 N–H and O–H groups in total. The van der Waals surface area contributed by atoms with Gasteiger partial charge in [0.25, 0.3) is 5.95 Å². The number of nitrogens with two attached hydrogens (primary N) is 1. The van der Waals surface area contributed by atoms with Crippen LogP contribution < -0.4 is 21.1 Å². The summed E-state index contributed by atoms with van der Waals surface area (Å²) in [7, 11) is 0. The molecule has 0 atom stereocenters. The molecule has 0 aliphatic carbocycles. The maximum absolute atomic E-state index is 8.69. The van der Waals surface area contributed by atoms with E-state index in [1.807, 2.05) is 24.2 Å². The summed E-state index contributed by atoms with van der Waals surface area (Å²) in [5.41, 5.74) is 1.82. The van der Waals surface area contributed by atoms with E-state index in [1.54, 1.807) is 0 Å². The van der Waals surface area contributed by atoms with Crippen LogP contribution in [0.1, 0.15) is 13.8 Å². The van der Waals surface area contributed by atoms with Gasteiger partial charge >= 0.3 is 6.01 Å². The van der Waals surface area contributed by atoms with Crippen molar-refractivity contribution < 1.29 is 10.0 Å². The highest BCUT2D eigenvalue weighted by molar-refractivity contribution is 5.36. The lowest BCUT2D eigenvalue weighted by atomic mass is 10.5. The summed E-state index contributed by atoms with van der Waals surface area (Å²) >= 11 is 0. The number of rotatable bonds is 5. The van der Waals surface area contributed by atoms with Gasteiger partial charge < -0.3 is 9.74 Å². The van der Waals surface area contributed by atoms with Crippen LogP contribution in [0.4, 0.5) is 11.9 Å². The molecule has 0 fully saturated rings. The third-order valence-corrected chi connectivity index (χ3v) is 1.85. The van der Waals surface area contributed by atoms with Crippen LogP contribution in [0.25, 0.3) is 0 Å². The van der Waals surface area contributed by atoms with Crippen LogP contribution in [0, 0.1) is 0 Å². The zero-order valence-electron chi connectivity index (χ0n) is 8.64. The molecular formula is C7H14N6O2. The van der Waals surface area contributed by atoms with Crippen LogP contribution >= 0.6 is 0 Å². The predicted octanol–water partition coefficient (Wildman–Crippen LogP) is -0.229. The minimum Gasteiger partial charge on any atom is -0.371 e. The predicted molar refractivity (Wildman–Crippen MR) is 53.6 cm³/mol. The molecule has 1 heterocycles. The molecular weight excluding hydrogens is 200 g/mol. The van der Waals surface area contributed by atoms with Crippen molar-refractivity contribution in [3.8, 4) is 6.01 Å². The van der Waals surface area contributed by atoms with Crippen LogP contribution in [-0.4, -0.2) is 33.2 Å². The normalized spacial score (nSPS) is 9.87. The van der Waals surface area contributed by atoms with Gasteiger partial charge in [0, 0.05) is 13.1 Å². The summed E-state index contributed by atoms with van der Waals surface area (Å²) in [6.45, 7) is 5.38. The molecule has 1 aromatic rings. The first-order valence-corrected chi connectivity index (χ1v) is 4.53. The molecule has 0 aliphatic rings. The first kappa shape index (κ1) is 11.4. The lowest BCUT2D eigenvalue weighted by Gasteiger charge is -2.18. The molecule has 8 heteroatoms. The van der Waals surface area contributed by atoms with Gasteiger partial charge in [0.1, 0.15) is 0 Å². The highest BCUT2D eigenvalue weighted by Gasteiger charge is 2.10. The van der Waals surface area contributed by atoms with Gasteiger partial charge in [-0.2, -0.15) is 20.8 Å². The Morgan fingerprint density at radius 2 is 2.00 bits per heavy atom. The summed E-state index contributed by atoms with van der Waals surface area (Å²) in [6.07, 6.45) is 0. The van der Waals surface area contributed by atoms with E-state index in [1.165, 1.54) is 0 Å². The fraction of sp³-hybridized carbons (Fsp3) is 0.571. The first-order chi connectivity index (χ1) is 7.24. The molecule has 8 nitrogen and oxygen atoms in total. The molecule has 1 aromatic heterocycles. The van der Waals surface area contributed by atoms with E-state index in [0.29, 0.717) is 5.95 Å². The van der Waals surface area contributed by atoms with Gasteiger partial charge in [-0.1, -0.05) is 0 Å². The number of hydrogen-bond donors (Lipinski definition) is 3. The Labute approximate surface area is 87.0 Å². The second kappa shape index (κ2) is 5.27. The van der Waals surface area contributed by atoms with E-state index in [2.05, 4.69) is 19.8 Å². The average Bonchev–Trinajstić information content (AvgIpc) is 2.30. The number of aromatic nitrogens is 3. The van der Waals surface area contributed by atoms with E-state index < -0.39 is 0 Å². The van der Waals surface area contributed by atoms with Crippen LogP contribution in [0.2, 0.25) is 0 Å². The summed E-state index contributed by atoms with van der Waals surface area (Å²) in [5.74, 6) is 5.33. The van der Waals surface area contributed by atoms with Crippen LogP contribution in [-0.2, 0) is 0 Å². The monoisotopic (exact) mass is 214 g/mol. The molecule has 0 amide bonds. The number of anilines is 2. The molecule has 84 valence electrons. The smallest absolute Gasteiger partial charge is 0.342 e. The standard InChI is InChI=1S/C7H14N6O2/c1-3-13(4-2)6-9-5(12-14)10-7(11-6)15-8/h14H,3-4,8H2,1-2H3,(H,9,10,11,12). The SMILES string of the molecule is CCN(CC)c1nc(NO)nc(ON)n1. The summed E-state index contributed by atoms with van der Waals surface area (Å²) < 4.78 is 0. The van der Waals surface area contributed by atoms with Crippen molar-refractivity contribution in [3.05, 3.63) is 0 Å². The maximum Gasteiger partial charge on any atom is 0.342 e. The van der Waals surface area contributed by atoms with Crippen molar-refractivity contribution in [1.82, 2.24) is 15.0 Å². The van der Waals surface area contributed by atoms with Crippen molar-refractivity contribution in [2.24, 2.45) is 5.90 Å². The highest BCUT2D eigenvalue weighted by Crippen LogP contribution is 2.13. The average molecular weight is 214 g/mol. The van der Waals surface area contributed by atoms with Crippen molar-refractivity contribution >= 4 is 11.9 Å². The second-order valence-corrected chi connectivity index (χ2v) is 2.64. The summed E-state index contributed by atoms with van der Waals surface area (Å²) in [6, 6.07) is -0.0524. The van der Waals surface area contributed by atoms with Gasteiger partial charge in [-0.25, -0.2) is 5.48 Å². The lowest BCUT2D eigenvalue weighted by molar-refractivity contribution is 0.303. The van der Waals surface area contributed by atoms with Crippen LogP contribution in [0.5, 0.6) is 6.01 Å². The van der Waals surface area contributed by atoms with Crippen molar-refractivity contribution in [1.29, 1.82) is 0 Å². The molecule has 0 radical (unpaired) electrons. The molecule has 0 saturated carbocycles. The minimum atomic E-state index is -0.0524. The van der Waals surface area contributed by atoms with Crippen molar-refractivity contribution in [2.75, 3.05) is 23.5 Å². The third kappa shape index (κ3) is 2.64. The Hall–Kier alpha value is -1.67. The highest BCUT2D eigenvalue weighted by atomic mass is 16.6. The van der Waals surface area contributed by atoms with Crippen molar-refractivity contribution in [2.45, 2.75) is 13.8 Å². The second-order valence-electron chi connectivity index (χ2n) is 2.64. The van der Waals surface area contributed by atoms with Crippen LogP contribution in [0.3, 0.4) is 0 Å². The quantitative estimate of drug-likeness (QED) is 0.577. The molecule has 1 rings (SSSR count). The van der Waals surface area contributed by atoms with Gasteiger partial charge in [0.15, 0.2) is 0 Å². The van der Waals surface area contributed by atoms with E-state index in [0.717, 1.165) is 13.1 Å². The van der Waals surface area contributed by atoms with Crippen molar-refractivity contribution in [3.63, 3.8) is 0 Å². The number of hydrogen-bond acceptors (Lipinski definition) is 8. The van der Waals surface area contributed by atoms with Gasteiger partial charge in [-0.15, -0.1) is 0 Å².